The Hall–Kier alpha value is -0.650. The molecule has 1 aliphatic carbocycles. The average Bonchev–Trinajstić information content (AvgIpc) is 3.07. The molecule has 0 aromatic heterocycles. The van der Waals surface area contributed by atoms with Crippen LogP contribution in [0.15, 0.2) is 0 Å². The Labute approximate surface area is 103 Å². The third-order valence-electron chi connectivity index (χ3n) is 3.39. The molecule has 0 heterocycles. The molecule has 1 saturated carbocycles. The second-order valence-electron chi connectivity index (χ2n) is 5.48. The fourth-order valence-electron chi connectivity index (χ4n) is 1.74. The number of methoxy groups -OCH3 is 1. The lowest BCUT2D eigenvalue weighted by atomic mass is 9.95. The maximum atomic E-state index is 11.9. The standard InChI is InChI=1S/C12H24N2O3/c1-11(16,6-7-17-3)8-14-10(15)12(2,13)9-4-5-9/h9,16H,4-8,13H2,1-3H3,(H,14,15). The highest BCUT2D eigenvalue weighted by Crippen LogP contribution is 2.38. The van der Waals surface area contributed by atoms with Gasteiger partial charge in [0.05, 0.1) is 11.1 Å². The quantitative estimate of drug-likeness (QED) is 0.589. The van der Waals surface area contributed by atoms with Gasteiger partial charge >= 0.3 is 0 Å². The lowest BCUT2D eigenvalue weighted by molar-refractivity contribution is -0.127. The zero-order valence-corrected chi connectivity index (χ0v) is 11.0. The minimum absolute atomic E-state index is 0.183. The average molecular weight is 244 g/mol. The first-order chi connectivity index (χ1) is 7.79. The summed E-state index contributed by atoms with van der Waals surface area (Å²) in [6, 6.07) is 0. The van der Waals surface area contributed by atoms with E-state index in [0.717, 1.165) is 12.8 Å². The molecule has 0 saturated heterocycles. The van der Waals surface area contributed by atoms with Gasteiger partial charge in [0.2, 0.25) is 5.91 Å². The number of hydrogen-bond donors (Lipinski definition) is 3. The van der Waals surface area contributed by atoms with E-state index in [1.54, 1.807) is 21.0 Å². The van der Waals surface area contributed by atoms with Gasteiger partial charge in [0, 0.05) is 26.7 Å². The Bertz CT molecular complexity index is 273. The molecule has 4 N–H and O–H groups in total. The molecule has 0 aliphatic heterocycles. The summed E-state index contributed by atoms with van der Waals surface area (Å²) in [4.78, 5) is 11.9. The van der Waals surface area contributed by atoms with Crippen molar-refractivity contribution in [1.29, 1.82) is 0 Å². The zero-order chi connectivity index (χ0) is 13.1. The molecule has 1 aliphatic rings. The smallest absolute Gasteiger partial charge is 0.240 e. The summed E-state index contributed by atoms with van der Waals surface area (Å²) in [7, 11) is 1.58. The number of nitrogens with two attached hydrogens (primary N) is 1. The van der Waals surface area contributed by atoms with Crippen molar-refractivity contribution in [2.75, 3.05) is 20.3 Å². The first-order valence-corrected chi connectivity index (χ1v) is 6.08. The van der Waals surface area contributed by atoms with E-state index >= 15 is 0 Å². The molecule has 1 rings (SSSR count). The third kappa shape index (κ3) is 4.26. The number of rotatable bonds is 7. The number of carbonyl (C=O) groups is 1. The van der Waals surface area contributed by atoms with E-state index in [9.17, 15) is 9.90 Å². The van der Waals surface area contributed by atoms with Gasteiger partial charge < -0.3 is 20.9 Å². The van der Waals surface area contributed by atoms with Crippen molar-refractivity contribution in [3.8, 4) is 0 Å². The molecule has 0 aromatic carbocycles. The lowest BCUT2D eigenvalue weighted by Crippen LogP contribution is -2.56. The van der Waals surface area contributed by atoms with Crippen molar-refractivity contribution in [3.05, 3.63) is 0 Å². The first-order valence-electron chi connectivity index (χ1n) is 6.08. The molecule has 1 amide bonds. The largest absolute Gasteiger partial charge is 0.388 e. The van der Waals surface area contributed by atoms with Crippen LogP contribution in [0.1, 0.15) is 33.1 Å². The van der Waals surface area contributed by atoms with E-state index < -0.39 is 11.1 Å². The molecule has 5 heteroatoms. The van der Waals surface area contributed by atoms with Crippen LogP contribution < -0.4 is 11.1 Å². The summed E-state index contributed by atoms with van der Waals surface area (Å²) in [5.41, 5.74) is 4.22. The van der Waals surface area contributed by atoms with Gasteiger partial charge in [-0.2, -0.15) is 0 Å². The predicted octanol–water partition coefficient (Wildman–Crippen LogP) is 0.0175. The molecule has 5 nitrogen and oxygen atoms in total. The molecule has 2 unspecified atom stereocenters. The van der Waals surface area contributed by atoms with Crippen LogP contribution in [0.4, 0.5) is 0 Å². The Morgan fingerprint density at radius 1 is 1.53 bits per heavy atom. The summed E-state index contributed by atoms with van der Waals surface area (Å²) < 4.78 is 4.90. The van der Waals surface area contributed by atoms with Crippen molar-refractivity contribution in [3.63, 3.8) is 0 Å². The number of amides is 1. The van der Waals surface area contributed by atoms with E-state index in [1.807, 2.05) is 0 Å². The Kier molecular flexibility index (Phi) is 4.52. The van der Waals surface area contributed by atoms with Gasteiger partial charge in [-0.05, 0) is 32.6 Å². The van der Waals surface area contributed by atoms with E-state index in [2.05, 4.69) is 5.32 Å². The summed E-state index contributed by atoms with van der Waals surface area (Å²) in [6.07, 6.45) is 2.51. The zero-order valence-electron chi connectivity index (χ0n) is 11.0. The number of carbonyl (C=O) groups excluding carboxylic acids is 1. The lowest BCUT2D eigenvalue weighted by Gasteiger charge is -2.28. The molecule has 17 heavy (non-hydrogen) atoms. The highest BCUT2D eigenvalue weighted by atomic mass is 16.5. The van der Waals surface area contributed by atoms with Crippen LogP contribution >= 0.6 is 0 Å². The second kappa shape index (κ2) is 5.33. The van der Waals surface area contributed by atoms with Crippen LogP contribution in [0.25, 0.3) is 0 Å². The number of ether oxygens (including phenoxy) is 1. The van der Waals surface area contributed by atoms with E-state index in [4.69, 9.17) is 10.5 Å². The van der Waals surface area contributed by atoms with Gasteiger partial charge in [0.15, 0.2) is 0 Å². The minimum Gasteiger partial charge on any atom is -0.388 e. The fourth-order valence-corrected chi connectivity index (χ4v) is 1.74. The van der Waals surface area contributed by atoms with Crippen molar-refractivity contribution in [2.24, 2.45) is 11.7 Å². The fraction of sp³-hybridized carbons (Fsp3) is 0.917. The Balaban J connectivity index is 2.36. The maximum Gasteiger partial charge on any atom is 0.240 e. The summed E-state index contributed by atoms with van der Waals surface area (Å²) in [5, 5.41) is 12.7. The van der Waals surface area contributed by atoms with Crippen molar-refractivity contribution in [1.82, 2.24) is 5.32 Å². The molecular weight excluding hydrogens is 220 g/mol. The van der Waals surface area contributed by atoms with Gasteiger partial charge in [0.1, 0.15) is 0 Å². The maximum absolute atomic E-state index is 11.9. The van der Waals surface area contributed by atoms with Gasteiger partial charge in [0.25, 0.3) is 0 Å². The van der Waals surface area contributed by atoms with Crippen molar-refractivity contribution in [2.45, 2.75) is 44.2 Å². The molecular formula is C12H24N2O3. The third-order valence-corrected chi connectivity index (χ3v) is 3.39. The Morgan fingerprint density at radius 2 is 2.12 bits per heavy atom. The first kappa shape index (κ1) is 14.4. The van der Waals surface area contributed by atoms with Crippen LogP contribution in [0.3, 0.4) is 0 Å². The van der Waals surface area contributed by atoms with Crippen LogP contribution in [-0.2, 0) is 9.53 Å². The number of nitrogens with one attached hydrogen (secondary N) is 1. The highest BCUT2D eigenvalue weighted by molar-refractivity contribution is 5.86. The van der Waals surface area contributed by atoms with Gasteiger partial charge in [-0.3, -0.25) is 4.79 Å². The van der Waals surface area contributed by atoms with Crippen LogP contribution in [0.2, 0.25) is 0 Å². The van der Waals surface area contributed by atoms with Crippen molar-refractivity contribution < 1.29 is 14.6 Å². The molecule has 0 radical (unpaired) electrons. The normalized spacial score (nSPS) is 22.6. The van der Waals surface area contributed by atoms with Crippen LogP contribution in [0, 0.1) is 5.92 Å². The van der Waals surface area contributed by atoms with Gasteiger partial charge in [-0.15, -0.1) is 0 Å². The molecule has 0 bridgehead atoms. The summed E-state index contributed by atoms with van der Waals surface area (Å²) >= 11 is 0. The number of aliphatic hydroxyl groups is 1. The summed E-state index contributed by atoms with van der Waals surface area (Å²) in [6.45, 7) is 4.10. The van der Waals surface area contributed by atoms with Crippen molar-refractivity contribution >= 4 is 5.91 Å². The molecule has 0 spiro atoms. The van der Waals surface area contributed by atoms with Gasteiger partial charge in [-0.25, -0.2) is 0 Å². The highest BCUT2D eigenvalue weighted by Gasteiger charge is 2.44. The molecule has 1 fully saturated rings. The summed E-state index contributed by atoms with van der Waals surface area (Å²) in [5.74, 6) is 0.101. The monoisotopic (exact) mass is 244 g/mol. The molecule has 100 valence electrons. The van der Waals surface area contributed by atoms with Crippen LogP contribution in [-0.4, -0.2) is 42.4 Å². The molecule has 2 atom stereocenters. The molecule has 0 aromatic rings. The number of hydrogen-bond acceptors (Lipinski definition) is 4. The topological polar surface area (TPSA) is 84.6 Å². The van der Waals surface area contributed by atoms with E-state index in [-0.39, 0.29) is 18.4 Å². The van der Waals surface area contributed by atoms with Gasteiger partial charge in [-0.1, -0.05) is 0 Å². The minimum atomic E-state index is -0.953. The van der Waals surface area contributed by atoms with Crippen LogP contribution in [0.5, 0.6) is 0 Å². The second-order valence-corrected chi connectivity index (χ2v) is 5.48. The van der Waals surface area contributed by atoms with E-state index in [1.165, 1.54) is 0 Å². The SMILES string of the molecule is COCCC(C)(O)CNC(=O)C(C)(N)C1CC1. The van der Waals surface area contributed by atoms with E-state index in [0.29, 0.717) is 13.0 Å². The Morgan fingerprint density at radius 3 is 2.59 bits per heavy atom. The predicted molar refractivity (Wildman–Crippen MR) is 65.4 cm³/mol.